The molecule has 0 bridgehead atoms. The third-order valence-electron chi connectivity index (χ3n) is 3.53. The van der Waals surface area contributed by atoms with Crippen LogP contribution in [0.5, 0.6) is 5.75 Å². The number of hydrogen-bond donors (Lipinski definition) is 0. The second-order valence-electron chi connectivity index (χ2n) is 4.86. The minimum absolute atomic E-state index is 0.470. The van der Waals surface area contributed by atoms with Gasteiger partial charge in [-0.25, -0.2) is 0 Å². The van der Waals surface area contributed by atoms with E-state index in [1.54, 1.807) is 7.11 Å². The summed E-state index contributed by atoms with van der Waals surface area (Å²) in [6.45, 7) is 4.15. The van der Waals surface area contributed by atoms with Crippen LogP contribution in [0.25, 0.3) is 0 Å². The molecule has 1 aliphatic carbocycles. The monoisotopic (exact) mass is 283 g/mol. The highest BCUT2D eigenvalue weighted by molar-refractivity contribution is 9.09. The van der Waals surface area contributed by atoms with E-state index in [1.807, 2.05) is 13.1 Å². The van der Waals surface area contributed by atoms with Crippen molar-refractivity contribution in [2.45, 2.75) is 33.1 Å². The summed E-state index contributed by atoms with van der Waals surface area (Å²) in [6.07, 6.45) is 5.62. The number of pyridine rings is 1. The molecule has 1 fully saturated rings. The molecule has 1 heterocycles. The zero-order valence-corrected chi connectivity index (χ0v) is 11.7. The lowest BCUT2D eigenvalue weighted by atomic mass is 9.98. The van der Waals surface area contributed by atoms with Crippen LogP contribution in [-0.2, 0) is 6.42 Å². The van der Waals surface area contributed by atoms with Gasteiger partial charge in [0, 0.05) is 28.3 Å². The Morgan fingerprint density at radius 2 is 2.12 bits per heavy atom. The van der Waals surface area contributed by atoms with Gasteiger partial charge in [0.15, 0.2) is 0 Å². The van der Waals surface area contributed by atoms with E-state index in [-0.39, 0.29) is 0 Å². The van der Waals surface area contributed by atoms with Crippen molar-refractivity contribution < 1.29 is 4.74 Å². The van der Waals surface area contributed by atoms with E-state index in [4.69, 9.17) is 4.74 Å². The van der Waals surface area contributed by atoms with Crippen molar-refractivity contribution >= 4 is 15.9 Å². The van der Waals surface area contributed by atoms with Crippen LogP contribution in [-0.4, -0.2) is 17.4 Å². The van der Waals surface area contributed by atoms with Crippen LogP contribution < -0.4 is 4.74 Å². The van der Waals surface area contributed by atoms with Gasteiger partial charge in [0.1, 0.15) is 5.75 Å². The summed E-state index contributed by atoms with van der Waals surface area (Å²) in [4.78, 5) is 4.56. The number of aromatic nitrogens is 1. The summed E-state index contributed by atoms with van der Waals surface area (Å²) in [5.41, 5.74) is 3.99. The van der Waals surface area contributed by atoms with E-state index in [2.05, 4.69) is 27.8 Å². The lowest BCUT2D eigenvalue weighted by molar-refractivity contribution is 0.406. The van der Waals surface area contributed by atoms with Gasteiger partial charge in [-0.2, -0.15) is 0 Å². The molecule has 0 atom stereocenters. The zero-order valence-electron chi connectivity index (χ0n) is 10.1. The van der Waals surface area contributed by atoms with Crippen molar-refractivity contribution in [1.82, 2.24) is 4.98 Å². The van der Waals surface area contributed by atoms with Gasteiger partial charge in [0.05, 0.1) is 7.11 Å². The summed E-state index contributed by atoms with van der Waals surface area (Å²) in [5, 5.41) is 1.08. The standard InChI is InChI=1S/C13H18BrNO/c1-9-7-15-11(10(2)12(9)16-3)6-13(8-14)4-5-13/h7H,4-6,8H2,1-3H3. The second kappa shape index (κ2) is 4.36. The van der Waals surface area contributed by atoms with Crippen LogP contribution in [0.15, 0.2) is 6.20 Å². The third kappa shape index (κ3) is 2.10. The molecule has 1 aliphatic rings. The molecule has 2 rings (SSSR count). The maximum atomic E-state index is 5.43. The highest BCUT2D eigenvalue weighted by Gasteiger charge is 2.42. The van der Waals surface area contributed by atoms with Crippen LogP contribution in [0.1, 0.15) is 29.7 Å². The van der Waals surface area contributed by atoms with Gasteiger partial charge in [0.2, 0.25) is 0 Å². The van der Waals surface area contributed by atoms with Gasteiger partial charge < -0.3 is 4.74 Å². The van der Waals surface area contributed by atoms with Crippen LogP contribution in [0.4, 0.5) is 0 Å². The molecule has 0 spiro atoms. The second-order valence-corrected chi connectivity index (χ2v) is 5.42. The summed E-state index contributed by atoms with van der Waals surface area (Å²) >= 11 is 3.61. The van der Waals surface area contributed by atoms with Gasteiger partial charge in [-0.3, -0.25) is 4.98 Å². The van der Waals surface area contributed by atoms with E-state index < -0.39 is 0 Å². The molecule has 1 aromatic heterocycles. The van der Waals surface area contributed by atoms with Crippen molar-refractivity contribution in [3.63, 3.8) is 0 Å². The van der Waals surface area contributed by atoms with Crippen molar-refractivity contribution in [2.75, 3.05) is 12.4 Å². The number of methoxy groups -OCH3 is 1. The summed E-state index contributed by atoms with van der Waals surface area (Å²) < 4.78 is 5.43. The summed E-state index contributed by atoms with van der Waals surface area (Å²) in [6, 6.07) is 0. The number of halogens is 1. The Labute approximate surface area is 106 Å². The van der Waals surface area contributed by atoms with E-state index in [9.17, 15) is 0 Å². The Hall–Kier alpha value is -0.570. The Balaban J connectivity index is 2.28. The molecule has 0 N–H and O–H groups in total. The number of rotatable bonds is 4. The smallest absolute Gasteiger partial charge is 0.128 e. The number of aryl methyl sites for hydroxylation is 1. The molecule has 0 aromatic carbocycles. The van der Waals surface area contributed by atoms with Crippen LogP contribution >= 0.6 is 15.9 Å². The average Bonchev–Trinajstić information content (AvgIpc) is 3.04. The zero-order chi connectivity index (χ0) is 11.8. The minimum Gasteiger partial charge on any atom is -0.496 e. The predicted octanol–water partition coefficient (Wildman–Crippen LogP) is 3.42. The molecule has 0 radical (unpaired) electrons. The molecular weight excluding hydrogens is 266 g/mol. The lowest BCUT2D eigenvalue weighted by Crippen LogP contribution is -2.10. The van der Waals surface area contributed by atoms with Gasteiger partial charge in [0.25, 0.3) is 0 Å². The highest BCUT2D eigenvalue weighted by atomic mass is 79.9. The highest BCUT2D eigenvalue weighted by Crippen LogP contribution is 2.50. The fourth-order valence-electron chi connectivity index (χ4n) is 2.14. The Bertz CT molecular complexity index is 399. The largest absolute Gasteiger partial charge is 0.496 e. The van der Waals surface area contributed by atoms with E-state index in [0.717, 1.165) is 23.1 Å². The molecular formula is C13H18BrNO. The van der Waals surface area contributed by atoms with Crippen LogP contribution in [0.3, 0.4) is 0 Å². The first-order valence-corrected chi connectivity index (χ1v) is 6.79. The molecule has 1 aromatic rings. The first kappa shape index (κ1) is 11.9. The SMILES string of the molecule is COc1c(C)cnc(CC2(CBr)CC2)c1C. The minimum atomic E-state index is 0.470. The molecule has 0 amide bonds. The molecule has 88 valence electrons. The number of hydrogen-bond acceptors (Lipinski definition) is 2. The Morgan fingerprint density at radius 3 is 2.62 bits per heavy atom. The van der Waals surface area contributed by atoms with Crippen LogP contribution in [0.2, 0.25) is 0 Å². The van der Waals surface area contributed by atoms with E-state index in [1.165, 1.54) is 24.1 Å². The normalized spacial score (nSPS) is 17.2. The quantitative estimate of drug-likeness (QED) is 0.790. The Morgan fingerprint density at radius 1 is 1.44 bits per heavy atom. The van der Waals surface area contributed by atoms with Gasteiger partial charge in [-0.15, -0.1) is 0 Å². The van der Waals surface area contributed by atoms with E-state index >= 15 is 0 Å². The van der Waals surface area contributed by atoms with Crippen molar-refractivity contribution in [1.29, 1.82) is 0 Å². The first-order valence-electron chi connectivity index (χ1n) is 5.67. The van der Waals surface area contributed by atoms with Gasteiger partial charge in [-0.1, -0.05) is 15.9 Å². The molecule has 16 heavy (non-hydrogen) atoms. The Kier molecular flexibility index (Phi) is 3.24. The predicted molar refractivity (Wildman–Crippen MR) is 69.4 cm³/mol. The average molecular weight is 284 g/mol. The number of nitrogens with zero attached hydrogens (tertiary/aromatic N) is 1. The molecule has 0 aliphatic heterocycles. The van der Waals surface area contributed by atoms with Crippen molar-refractivity contribution in [3.8, 4) is 5.75 Å². The summed E-state index contributed by atoms with van der Waals surface area (Å²) in [5.74, 6) is 0.996. The number of ether oxygens (including phenoxy) is 1. The van der Waals surface area contributed by atoms with E-state index in [0.29, 0.717) is 5.41 Å². The summed E-state index contributed by atoms with van der Waals surface area (Å²) in [7, 11) is 1.73. The van der Waals surface area contributed by atoms with Crippen molar-refractivity contribution in [3.05, 3.63) is 23.0 Å². The van der Waals surface area contributed by atoms with Crippen LogP contribution in [0, 0.1) is 19.3 Å². The fraction of sp³-hybridized carbons (Fsp3) is 0.615. The molecule has 0 unspecified atom stereocenters. The molecule has 1 saturated carbocycles. The maximum Gasteiger partial charge on any atom is 0.128 e. The first-order chi connectivity index (χ1) is 7.62. The lowest BCUT2D eigenvalue weighted by Gasteiger charge is -2.16. The fourth-order valence-corrected chi connectivity index (χ4v) is 2.90. The number of alkyl halides is 1. The van der Waals surface area contributed by atoms with Crippen molar-refractivity contribution in [2.24, 2.45) is 5.41 Å². The molecule has 0 saturated heterocycles. The third-order valence-corrected chi connectivity index (χ3v) is 4.72. The maximum absolute atomic E-state index is 5.43. The molecule has 2 nitrogen and oxygen atoms in total. The molecule has 3 heteroatoms. The van der Waals surface area contributed by atoms with Gasteiger partial charge >= 0.3 is 0 Å². The van der Waals surface area contributed by atoms with Gasteiger partial charge in [-0.05, 0) is 38.5 Å². The topological polar surface area (TPSA) is 22.1 Å².